The minimum Gasteiger partial charge on any atom is -0.378 e. The summed E-state index contributed by atoms with van der Waals surface area (Å²) in [6.07, 6.45) is 3.49. The van der Waals surface area contributed by atoms with Crippen LogP contribution < -0.4 is 10.2 Å². The summed E-state index contributed by atoms with van der Waals surface area (Å²) in [4.78, 5) is 6.51. The van der Waals surface area contributed by atoms with Gasteiger partial charge in [-0.15, -0.1) is 5.10 Å². The Labute approximate surface area is 177 Å². The molecular formula is C22H21F2N5O2. The molecular weight excluding hydrogens is 404 g/mol. The van der Waals surface area contributed by atoms with Crippen LogP contribution in [0.15, 0.2) is 48.8 Å². The first-order chi connectivity index (χ1) is 15.1. The predicted molar refractivity (Wildman–Crippen MR) is 113 cm³/mol. The maximum absolute atomic E-state index is 13.5. The van der Waals surface area contributed by atoms with Crippen molar-refractivity contribution in [2.75, 3.05) is 49.7 Å². The standard InChI is InChI=1S/C22H21F2N5O2/c23-17-9-18(24)11-21(10-17)29-14-25-22(27-29)26-19-7-16(15-1-4-31-13-15)8-20(12-19)28-2-5-30-6-3-28/h1,7-12,14H,2-6,13H2,(H,26,27). The largest absolute Gasteiger partial charge is 0.378 e. The maximum atomic E-state index is 13.5. The Hall–Kier alpha value is -3.30. The lowest BCUT2D eigenvalue weighted by Crippen LogP contribution is -2.36. The van der Waals surface area contributed by atoms with Gasteiger partial charge in [-0.05, 0) is 41.5 Å². The number of nitrogens with zero attached hydrogens (tertiary/aromatic N) is 4. The number of benzene rings is 2. The molecule has 9 heteroatoms. The molecule has 0 radical (unpaired) electrons. The fourth-order valence-corrected chi connectivity index (χ4v) is 3.71. The predicted octanol–water partition coefficient (Wildman–Crippen LogP) is 3.54. The van der Waals surface area contributed by atoms with Crippen molar-refractivity contribution in [1.29, 1.82) is 0 Å². The zero-order valence-corrected chi connectivity index (χ0v) is 16.7. The molecule has 0 spiro atoms. The average Bonchev–Trinajstić information content (AvgIpc) is 3.46. The lowest BCUT2D eigenvalue weighted by atomic mass is 10.0. The summed E-state index contributed by atoms with van der Waals surface area (Å²) in [5.41, 5.74) is 4.34. The minimum atomic E-state index is -0.671. The van der Waals surface area contributed by atoms with Crippen molar-refractivity contribution in [3.05, 3.63) is 66.0 Å². The van der Waals surface area contributed by atoms with E-state index in [-0.39, 0.29) is 5.69 Å². The lowest BCUT2D eigenvalue weighted by Gasteiger charge is -2.29. The number of nitrogens with one attached hydrogen (secondary N) is 1. The third-order valence-electron chi connectivity index (χ3n) is 5.23. The molecule has 1 aromatic heterocycles. The van der Waals surface area contributed by atoms with Crippen molar-refractivity contribution in [3.8, 4) is 5.69 Å². The molecule has 2 aliphatic heterocycles. The van der Waals surface area contributed by atoms with Crippen LogP contribution in [0.3, 0.4) is 0 Å². The Morgan fingerprint density at radius 3 is 2.45 bits per heavy atom. The highest BCUT2D eigenvalue weighted by Crippen LogP contribution is 2.30. The van der Waals surface area contributed by atoms with E-state index in [0.717, 1.165) is 41.7 Å². The first-order valence-electron chi connectivity index (χ1n) is 10.0. The van der Waals surface area contributed by atoms with Gasteiger partial charge in [0.05, 0.1) is 32.1 Å². The first kappa shape index (κ1) is 19.7. The lowest BCUT2D eigenvalue weighted by molar-refractivity contribution is 0.122. The van der Waals surface area contributed by atoms with Gasteiger partial charge in [-0.3, -0.25) is 0 Å². The van der Waals surface area contributed by atoms with Gasteiger partial charge in [-0.1, -0.05) is 6.08 Å². The van der Waals surface area contributed by atoms with Crippen LogP contribution in [-0.4, -0.2) is 54.3 Å². The molecule has 5 rings (SSSR count). The van der Waals surface area contributed by atoms with Crippen LogP contribution in [0, 0.1) is 11.6 Å². The highest BCUT2D eigenvalue weighted by molar-refractivity contribution is 5.76. The van der Waals surface area contributed by atoms with Crippen LogP contribution in [-0.2, 0) is 9.47 Å². The number of ether oxygens (including phenoxy) is 2. The van der Waals surface area contributed by atoms with Gasteiger partial charge in [0, 0.05) is 30.5 Å². The third kappa shape index (κ3) is 4.42. The van der Waals surface area contributed by atoms with Crippen LogP contribution in [0.1, 0.15) is 5.56 Å². The first-order valence-corrected chi connectivity index (χ1v) is 10.0. The van der Waals surface area contributed by atoms with Gasteiger partial charge >= 0.3 is 0 Å². The molecule has 0 atom stereocenters. The van der Waals surface area contributed by atoms with Crippen LogP contribution in [0.4, 0.5) is 26.1 Å². The second kappa shape index (κ2) is 8.44. The van der Waals surface area contributed by atoms with Gasteiger partial charge in [-0.2, -0.15) is 4.98 Å². The molecule has 2 aliphatic rings. The van der Waals surface area contributed by atoms with Gasteiger partial charge in [-0.25, -0.2) is 13.5 Å². The van der Waals surface area contributed by atoms with E-state index < -0.39 is 11.6 Å². The molecule has 1 fully saturated rings. The summed E-state index contributed by atoms with van der Waals surface area (Å²) >= 11 is 0. The molecule has 0 saturated carbocycles. The quantitative estimate of drug-likeness (QED) is 0.675. The molecule has 1 saturated heterocycles. The number of hydrogen-bond acceptors (Lipinski definition) is 6. The fourth-order valence-electron chi connectivity index (χ4n) is 3.71. The second-order valence-electron chi connectivity index (χ2n) is 7.38. The molecule has 0 aliphatic carbocycles. The monoisotopic (exact) mass is 425 g/mol. The molecule has 0 unspecified atom stereocenters. The number of halogens is 2. The van der Waals surface area contributed by atoms with E-state index in [1.54, 1.807) is 0 Å². The minimum absolute atomic E-state index is 0.258. The topological polar surface area (TPSA) is 64.4 Å². The van der Waals surface area contributed by atoms with E-state index in [1.807, 2.05) is 12.1 Å². The second-order valence-corrected chi connectivity index (χ2v) is 7.38. The number of anilines is 3. The Kier molecular flexibility index (Phi) is 5.35. The molecule has 3 aromatic rings. The Balaban J connectivity index is 1.44. The summed E-state index contributed by atoms with van der Waals surface area (Å²) in [7, 11) is 0. The van der Waals surface area contributed by atoms with Crippen LogP contribution in [0.2, 0.25) is 0 Å². The molecule has 3 heterocycles. The van der Waals surface area contributed by atoms with Gasteiger partial charge < -0.3 is 19.7 Å². The molecule has 7 nitrogen and oxygen atoms in total. The Morgan fingerprint density at radius 1 is 0.903 bits per heavy atom. The molecule has 31 heavy (non-hydrogen) atoms. The number of hydrogen-bond donors (Lipinski definition) is 1. The number of morpholine rings is 1. The summed E-state index contributed by atoms with van der Waals surface area (Å²) in [5.74, 6) is -1.02. The van der Waals surface area contributed by atoms with Gasteiger partial charge in [0.25, 0.3) is 0 Å². The smallest absolute Gasteiger partial charge is 0.246 e. The van der Waals surface area contributed by atoms with E-state index in [0.29, 0.717) is 32.4 Å². The zero-order valence-electron chi connectivity index (χ0n) is 16.7. The Morgan fingerprint density at radius 2 is 1.71 bits per heavy atom. The van der Waals surface area contributed by atoms with E-state index in [4.69, 9.17) is 9.47 Å². The van der Waals surface area contributed by atoms with E-state index in [9.17, 15) is 8.78 Å². The van der Waals surface area contributed by atoms with Crippen LogP contribution in [0.25, 0.3) is 11.3 Å². The fraction of sp³-hybridized carbons (Fsp3) is 0.273. The summed E-state index contributed by atoms with van der Waals surface area (Å²) < 4.78 is 39.4. The highest BCUT2D eigenvalue weighted by Gasteiger charge is 2.16. The van der Waals surface area contributed by atoms with Crippen LogP contribution in [0.5, 0.6) is 0 Å². The van der Waals surface area contributed by atoms with Crippen molar-refractivity contribution in [3.63, 3.8) is 0 Å². The van der Waals surface area contributed by atoms with Gasteiger partial charge in [0.1, 0.15) is 18.0 Å². The van der Waals surface area contributed by atoms with Crippen molar-refractivity contribution < 1.29 is 18.3 Å². The Bertz CT molecular complexity index is 1100. The summed E-state index contributed by atoms with van der Waals surface area (Å²) in [5, 5.41) is 7.53. The van der Waals surface area contributed by atoms with Crippen molar-refractivity contribution >= 4 is 22.9 Å². The molecule has 160 valence electrons. The molecule has 2 aromatic carbocycles. The molecule has 0 amide bonds. The molecule has 0 bridgehead atoms. The average molecular weight is 425 g/mol. The van der Waals surface area contributed by atoms with Crippen molar-refractivity contribution in [2.24, 2.45) is 0 Å². The maximum Gasteiger partial charge on any atom is 0.246 e. The third-order valence-corrected chi connectivity index (χ3v) is 5.23. The van der Waals surface area contributed by atoms with E-state index in [2.05, 4.69) is 32.4 Å². The van der Waals surface area contributed by atoms with E-state index >= 15 is 0 Å². The molecule has 1 N–H and O–H groups in total. The van der Waals surface area contributed by atoms with Crippen molar-refractivity contribution in [1.82, 2.24) is 14.8 Å². The zero-order chi connectivity index (χ0) is 21.2. The summed E-state index contributed by atoms with van der Waals surface area (Å²) in [6.45, 7) is 4.19. The number of rotatable bonds is 5. The van der Waals surface area contributed by atoms with Crippen LogP contribution >= 0.6 is 0 Å². The summed E-state index contributed by atoms with van der Waals surface area (Å²) in [6, 6.07) is 9.43. The van der Waals surface area contributed by atoms with E-state index in [1.165, 1.54) is 23.1 Å². The van der Waals surface area contributed by atoms with Gasteiger partial charge in [0.15, 0.2) is 0 Å². The number of aromatic nitrogens is 3. The SMILES string of the molecule is Fc1cc(F)cc(-n2cnc(Nc3cc(C4=CCOC4)cc(N4CCOCC4)c3)n2)c1. The van der Waals surface area contributed by atoms with Crippen molar-refractivity contribution in [2.45, 2.75) is 0 Å². The highest BCUT2D eigenvalue weighted by atomic mass is 19.1. The van der Waals surface area contributed by atoms with Gasteiger partial charge in [0.2, 0.25) is 5.95 Å². The normalized spacial score (nSPS) is 16.5.